The number of hydrogen-bond donors (Lipinski definition) is 2. The van der Waals surface area contributed by atoms with Crippen LogP contribution in [0.1, 0.15) is 25.0 Å². The van der Waals surface area contributed by atoms with Gasteiger partial charge in [-0.3, -0.25) is 9.36 Å². The molecule has 1 aliphatic heterocycles. The van der Waals surface area contributed by atoms with Gasteiger partial charge in [-0.1, -0.05) is 12.1 Å². The predicted molar refractivity (Wildman–Crippen MR) is 129 cm³/mol. The van der Waals surface area contributed by atoms with E-state index < -0.39 is 7.60 Å². The number of nitrogens with zero attached hydrogens (tertiary/aromatic N) is 1. The molecule has 32 heavy (non-hydrogen) atoms. The summed E-state index contributed by atoms with van der Waals surface area (Å²) in [5.41, 5.74) is 4.96. The summed E-state index contributed by atoms with van der Waals surface area (Å²) in [7, 11) is -3.15. The maximum absolute atomic E-state index is 12.7. The van der Waals surface area contributed by atoms with Gasteiger partial charge in [-0.25, -0.2) is 4.98 Å². The Morgan fingerprint density at radius 3 is 2.53 bits per heavy atom. The zero-order valence-corrected chi connectivity index (χ0v) is 19.5. The summed E-state index contributed by atoms with van der Waals surface area (Å²) in [4.78, 5) is 16.9. The van der Waals surface area contributed by atoms with Crippen LogP contribution in [0.15, 0.2) is 59.6 Å². The molecule has 0 bridgehead atoms. The van der Waals surface area contributed by atoms with E-state index >= 15 is 0 Å². The third-order valence-electron chi connectivity index (χ3n) is 4.87. The normalized spacial score (nSPS) is 14.4. The molecule has 0 unspecified atom stereocenters. The van der Waals surface area contributed by atoms with Gasteiger partial charge in [-0.15, -0.1) is 0 Å². The molecule has 0 radical (unpaired) electrons. The fourth-order valence-corrected chi connectivity index (χ4v) is 5.77. The quantitative estimate of drug-likeness (QED) is 0.296. The highest BCUT2D eigenvalue weighted by molar-refractivity contribution is 7.53. The van der Waals surface area contributed by atoms with Crippen LogP contribution >= 0.6 is 18.9 Å². The number of nitrogens with one attached hydrogen (secondary N) is 2. The van der Waals surface area contributed by atoms with Gasteiger partial charge < -0.3 is 19.7 Å². The Morgan fingerprint density at radius 1 is 1.12 bits per heavy atom. The lowest BCUT2D eigenvalue weighted by molar-refractivity contribution is -0.110. The van der Waals surface area contributed by atoms with Crippen LogP contribution in [-0.4, -0.2) is 24.1 Å². The molecule has 1 amide bonds. The highest BCUT2D eigenvalue weighted by Crippen LogP contribution is 2.51. The molecule has 0 saturated carbocycles. The van der Waals surface area contributed by atoms with Gasteiger partial charge in [0.05, 0.1) is 24.9 Å². The van der Waals surface area contributed by atoms with Crippen LogP contribution in [0.4, 0.5) is 11.5 Å². The highest BCUT2D eigenvalue weighted by Gasteiger charge is 2.26. The Bertz CT molecular complexity index is 1170. The number of carbonyl (C=O) groups is 1. The van der Waals surface area contributed by atoms with Crippen molar-refractivity contribution in [1.29, 1.82) is 0 Å². The molecule has 2 N–H and O–H groups in total. The molecule has 7 nitrogen and oxygen atoms in total. The first-order valence-electron chi connectivity index (χ1n) is 10.3. The second-order valence-corrected chi connectivity index (χ2v) is 9.92. The number of benzene rings is 1. The van der Waals surface area contributed by atoms with Gasteiger partial charge in [-0.2, -0.15) is 11.3 Å². The number of amides is 1. The van der Waals surface area contributed by atoms with Crippen molar-refractivity contribution >= 4 is 41.9 Å². The topological polar surface area (TPSA) is 89.5 Å². The molecule has 0 fully saturated rings. The molecule has 3 aromatic rings. The van der Waals surface area contributed by atoms with Crippen LogP contribution < -0.4 is 10.6 Å². The molecule has 2 aromatic heterocycles. The number of rotatable bonds is 9. The lowest BCUT2D eigenvalue weighted by Gasteiger charge is -2.17. The molecule has 0 spiro atoms. The average Bonchev–Trinajstić information content (AvgIpc) is 3.41. The number of anilines is 2. The lowest BCUT2D eigenvalue weighted by atomic mass is 10.1. The zero-order chi connectivity index (χ0) is 22.6. The van der Waals surface area contributed by atoms with Crippen molar-refractivity contribution in [2.24, 2.45) is 0 Å². The molecular formula is C23H24N3O4PS. The first kappa shape index (κ1) is 22.4. The minimum absolute atomic E-state index is 0.201. The third-order valence-corrected chi connectivity index (χ3v) is 7.61. The van der Waals surface area contributed by atoms with Crippen molar-refractivity contribution in [3.63, 3.8) is 0 Å². The van der Waals surface area contributed by atoms with Crippen LogP contribution in [0.2, 0.25) is 0 Å². The van der Waals surface area contributed by atoms with E-state index in [2.05, 4.69) is 15.6 Å². The van der Waals surface area contributed by atoms with Gasteiger partial charge in [0.25, 0.3) is 5.91 Å². The van der Waals surface area contributed by atoms with Crippen molar-refractivity contribution in [2.75, 3.05) is 23.8 Å². The summed E-state index contributed by atoms with van der Waals surface area (Å²) in [6.45, 7) is 4.25. The summed E-state index contributed by atoms with van der Waals surface area (Å²) in [6, 6.07) is 11.5. The van der Waals surface area contributed by atoms with E-state index in [1.807, 2.05) is 47.2 Å². The van der Waals surface area contributed by atoms with E-state index in [-0.39, 0.29) is 12.1 Å². The van der Waals surface area contributed by atoms with Crippen molar-refractivity contribution in [2.45, 2.75) is 20.0 Å². The molecule has 0 saturated heterocycles. The Hall–Kier alpha value is -2.77. The van der Waals surface area contributed by atoms with Crippen molar-refractivity contribution in [1.82, 2.24) is 4.98 Å². The summed E-state index contributed by atoms with van der Waals surface area (Å²) in [5.74, 6) is 0.355. The number of hydrogen-bond acceptors (Lipinski definition) is 7. The van der Waals surface area contributed by atoms with Gasteiger partial charge in [0.1, 0.15) is 5.82 Å². The Morgan fingerprint density at radius 2 is 1.88 bits per heavy atom. The van der Waals surface area contributed by atoms with E-state index in [1.54, 1.807) is 37.6 Å². The summed E-state index contributed by atoms with van der Waals surface area (Å²) in [5, 5.41) is 10.0. The Labute approximate surface area is 191 Å². The molecule has 0 aliphatic carbocycles. The second kappa shape index (κ2) is 9.79. The minimum Gasteiger partial charge on any atom is -0.361 e. The average molecular weight is 470 g/mol. The first-order valence-corrected chi connectivity index (χ1v) is 13.0. The van der Waals surface area contributed by atoms with E-state index in [1.165, 1.54) is 0 Å². The maximum Gasteiger partial charge on any atom is 0.335 e. The standard InChI is InChI=1S/C23H24N3O4PS/c1-3-29-31(28,30-4-2)14-16-5-7-19(8-6-16)24-13-21-20-11-18(17-9-10-32-15-17)12-25-22(20)26-23(21)27/h5-13,15,24H,3-4,14H2,1-2H3,(H,25,26,27)/b21-13-. The van der Waals surface area contributed by atoms with Crippen LogP contribution in [0.25, 0.3) is 16.7 Å². The van der Waals surface area contributed by atoms with Crippen molar-refractivity contribution < 1.29 is 18.4 Å². The zero-order valence-electron chi connectivity index (χ0n) is 17.8. The third kappa shape index (κ3) is 5.00. The van der Waals surface area contributed by atoms with E-state index in [0.29, 0.717) is 24.6 Å². The molecule has 4 rings (SSSR count). The molecule has 3 heterocycles. The molecule has 166 valence electrons. The van der Waals surface area contributed by atoms with Gasteiger partial charge in [0.15, 0.2) is 0 Å². The first-order chi connectivity index (χ1) is 15.5. The SMILES string of the molecule is CCOP(=O)(Cc1ccc(N/C=C2\C(=O)Nc3ncc(-c4ccsc4)cc32)cc1)OCC. The minimum atomic E-state index is -3.15. The van der Waals surface area contributed by atoms with Gasteiger partial charge in [0, 0.05) is 29.2 Å². The fourth-order valence-electron chi connectivity index (χ4n) is 3.40. The number of carbonyl (C=O) groups excluding carboxylic acids is 1. The number of pyridine rings is 1. The monoisotopic (exact) mass is 469 g/mol. The van der Waals surface area contributed by atoms with Crippen molar-refractivity contribution in [3.05, 3.63) is 70.7 Å². The molecule has 1 aliphatic rings. The van der Waals surface area contributed by atoms with Crippen molar-refractivity contribution in [3.8, 4) is 11.1 Å². The maximum atomic E-state index is 12.7. The smallest absolute Gasteiger partial charge is 0.335 e. The van der Waals surface area contributed by atoms with Crippen LogP contribution in [0.3, 0.4) is 0 Å². The highest BCUT2D eigenvalue weighted by atomic mass is 32.1. The fraction of sp³-hybridized carbons (Fsp3) is 0.217. The molecule has 0 atom stereocenters. The van der Waals surface area contributed by atoms with E-state index in [9.17, 15) is 9.36 Å². The lowest BCUT2D eigenvalue weighted by Crippen LogP contribution is -2.05. The largest absolute Gasteiger partial charge is 0.361 e. The van der Waals surface area contributed by atoms with Gasteiger partial charge in [-0.05, 0) is 60.0 Å². The van der Waals surface area contributed by atoms with Gasteiger partial charge in [0.2, 0.25) is 0 Å². The summed E-state index contributed by atoms with van der Waals surface area (Å²) < 4.78 is 23.4. The van der Waals surface area contributed by atoms with Gasteiger partial charge >= 0.3 is 7.60 Å². The van der Waals surface area contributed by atoms with E-state index in [4.69, 9.17) is 9.05 Å². The van der Waals surface area contributed by atoms with Crippen LogP contribution in [0, 0.1) is 0 Å². The molecule has 1 aromatic carbocycles. The Balaban J connectivity index is 1.50. The summed E-state index contributed by atoms with van der Waals surface area (Å²) in [6.07, 6.45) is 3.66. The van der Waals surface area contributed by atoms with Crippen LogP contribution in [-0.2, 0) is 24.6 Å². The predicted octanol–water partition coefficient (Wildman–Crippen LogP) is 5.98. The van der Waals surface area contributed by atoms with Crippen LogP contribution in [0.5, 0.6) is 0 Å². The number of fused-ring (bicyclic) bond motifs is 1. The summed E-state index contributed by atoms with van der Waals surface area (Å²) >= 11 is 1.62. The number of thiophene rings is 1. The number of aromatic nitrogens is 1. The Kier molecular flexibility index (Phi) is 6.86. The molecule has 9 heteroatoms. The van der Waals surface area contributed by atoms with E-state index in [0.717, 1.165) is 27.9 Å². The molecular weight excluding hydrogens is 445 g/mol. The second-order valence-electron chi connectivity index (χ2n) is 7.09.